The Hall–Kier alpha value is -4.51. The van der Waals surface area contributed by atoms with Gasteiger partial charge in [0, 0.05) is 12.1 Å². The van der Waals surface area contributed by atoms with E-state index in [4.69, 9.17) is 9.73 Å². The van der Waals surface area contributed by atoms with Crippen molar-refractivity contribution in [1.82, 2.24) is 0 Å². The molecule has 4 aliphatic rings. The highest BCUT2D eigenvalue weighted by Gasteiger charge is 2.67. The molecule has 0 radical (unpaired) electrons. The summed E-state index contributed by atoms with van der Waals surface area (Å²) in [5.41, 5.74) is 5.97. The summed E-state index contributed by atoms with van der Waals surface area (Å²) >= 11 is 0. The van der Waals surface area contributed by atoms with Gasteiger partial charge in [0.15, 0.2) is 0 Å². The minimum atomic E-state index is -0.870. The van der Waals surface area contributed by atoms with Crippen molar-refractivity contribution < 1.29 is 14.3 Å². The van der Waals surface area contributed by atoms with Crippen molar-refractivity contribution in [2.24, 2.45) is 16.8 Å². The van der Waals surface area contributed by atoms with Crippen molar-refractivity contribution in [3.05, 3.63) is 125 Å². The highest BCUT2D eigenvalue weighted by atomic mass is 16.5. The molecule has 8 rings (SSSR count). The highest BCUT2D eigenvalue weighted by molar-refractivity contribution is 6.25. The molecule has 5 nitrogen and oxygen atoms in total. The Labute approximate surface area is 221 Å². The second-order valence-electron chi connectivity index (χ2n) is 10.3. The Kier molecular flexibility index (Phi) is 4.92. The van der Waals surface area contributed by atoms with E-state index in [9.17, 15) is 9.59 Å². The number of rotatable bonds is 4. The Morgan fingerprint density at radius 1 is 0.789 bits per heavy atom. The number of amides is 2. The maximum Gasteiger partial charge on any atom is 0.239 e. The van der Waals surface area contributed by atoms with Crippen LogP contribution in [0.3, 0.4) is 0 Å². The number of hydrogen-bond donors (Lipinski definition) is 0. The maximum absolute atomic E-state index is 14.4. The molecule has 38 heavy (non-hydrogen) atoms. The van der Waals surface area contributed by atoms with Gasteiger partial charge in [-0.1, -0.05) is 66.2 Å². The van der Waals surface area contributed by atoms with Crippen molar-refractivity contribution in [3.63, 3.8) is 0 Å². The summed E-state index contributed by atoms with van der Waals surface area (Å²) in [6.07, 6.45) is 1.94. The molecule has 0 unspecified atom stereocenters. The maximum atomic E-state index is 14.4. The molecule has 1 aliphatic heterocycles. The molecule has 4 aromatic rings. The second kappa shape index (κ2) is 8.25. The molecule has 0 spiro atoms. The number of nitrogens with zero attached hydrogens (tertiary/aromatic N) is 2. The van der Waals surface area contributed by atoms with Crippen LogP contribution in [0, 0.1) is 18.8 Å². The van der Waals surface area contributed by atoms with E-state index in [1.165, 1.54) is 4.90 Å². The lowest BCUT2D eigenvalue weighted by Crippen LogP contribution is -2.54. The summed E-state index contributed by atoms with van der Waals surface area (Å²) in [6.45, 7) is 2.04. The number of carbonyl (C=O) groups is 2. The van der Waals surface area contributed by atoms with Crippen LogP contribution in [0.5, 0.6) is 5.75 Å². The van der Waals surface area contributed by atoms with Crippen LogP contribution >= 0.6 is 0 Å². The Balaban J connectivity index is 1.47. The van der Waals surface area contributed by atoms with Gasteiger partial charge in [-0.25, -0.2) is 4.90 Å². The van der Waals surface area contributed by atoms with Crippen LogP contribution in [0.4, 0.5) is 11.4 Å². The molecule has 1 heterocycles. The molecule has 1 saturated heterocycles. The molecule has 5 heteroatoms. The van der Waals surface area contributed by atoms with Gasteiger partial charge in [0.05, 0.1) is 35.7 Å². The minimum absolute atomic E-state index is 0.160. The van der Waals surface area contributed by atoms with Gasteiger partial charge in [-0.3, -0.25) is 14.6 Å². The van der Waals surface area contributed by atoms with Crippen LogP contribution in [-0.2, 0) is 15.0 Å². The third kappa shape index (κ3) is 2.96. The molecule has 4 aromatic carbocycles. The lowest BCUT2D eigenvalue weighted by atomic mass is 9.47. The van der Waals surface area contributed by atoms with Gasteiger partial charge < -0.3 is 4.74 Å². The predicted octanol–water partition coefficient (Wildman–Crippen LogP) is 5.96. The summed E-state index contributed by atoms with van der Waals surface area (Å²) in [7, 11) is 1.60. The van der Waals surface area contributed by atoms with Gasteiger partial charge >= 0.3 is 0 Å². The molecule has 0 saturated carbocycles. The molecule has 2 amide bonds. The van der Waals surface area contributed by atoms with Gasteiger partial charge in [-0.05, 0) is 65.6 Å². The van der Waals surface area contributed by atoms with Gasteiger partial charge in [0.2, 0.25) is 11.8 Å². The zero-order valence-electron chi connectivity index (χ0n) is 21.2. The average Bonchev–Trinajstić information content (AvgIpc) is 3.23. The van der Waals surface area contributed by atoms with Gasteiger partial charge in [-0.2, -0.15) is 0 Å². The molecular weight excluding hydrogens is 472 g/mol. The quantitative estimate of drug-likeness (QED) is 0.258. The number of anilines is 1. The Morgan fingerprint density at radius 2 is 1.39 bits per heavy atom. The standard InChI is InChI=1S/C33H26N2O3/c1-20-11-13-21(14-12-20)34-19-33-26-9-5-3-7-24(26)28(25-8-4-6-10-27(25)33)29-30(33)32(37)35(31(29)36)22-15-17-23(38-2)18-16-22/h3-19,28-30H,1-2H3/t28?,29-,30+,33?/m0/s1. The minimum Gasteiger partial charge on any atom is -0.497 e. The fourth-order valence-electron chi connectivity index (χ4n) is 6.84. The van der Waals surface area contributed by atoms with Crippen LogP contribution in [0.1, 0.15) is 33.7 Å². The smallest absolute Gasteiger partial charge is 0.239 e. The van der Waals surface area contributed by atoms with Crippen molar-refractivity contribution in [2.45, 2.75) is 18.3 Å². The number of hydrogen-bond acceptors (Lipinski definition) is 4. The van der Waals surface area contributed by atoms with Crippen LogP contribution in [0.15, 0.2) is 102 Å². The topological polar surface area (TPSA) is 59.0 Å². The first-order valence-electron chi connectivity index (χ1n) is 12.9. The van der Waals surface area contributed by atoms with E-state index in [-0.39, 0.29) is 17.7 Å². The molecule has 0 aromatic heterocycles. The number of aliphatic imine (C=N–C) groups is 1. The summed E-state index contributed by atoms with van der Waals surface area (Å²) in [5.74, 6) is -0.977. The lowest BCUT2D eigenvalue weighted by Gasteiger charge is -2.52. The number of methoxy groups -OCH3 is 1. The number of carbonyl (C=O) groups excluding carboxylic acids is 2. The molecule has 1 fully saturated rings. The third-order valence-corrected chi connectivity index (χ3v) is 8.47. The molecular formula is C33H26N2O3. The summed E-state index contributed by atoms with van der Waals surface area (Å²) in [6, 6.07) is 31.6. The van der Waals surface area contributed by atoms with Gasteiger partial charge in [0.25, 0.3) is 0 Å². The summed E-state index contributed by atoms with van der Waals surface area (Å²) in [5, 5.41) is 0. The fourth-order valence-corrected chi connectivity index (χ4v) is 6.84. The monoisotopic (exact) mass is 498 g/mol. The first kappa shape index (κ1) is 22.7. The SMILES string of the molecule is COc1ccc(N2C(=O)[C@H]3C4c5ccccc5C(C=Nc5ccc(C)cc5)(c5ccccc54)[C@H]3C2=O)cc1. The van der Waals surface area contributed by atoms with Crippen molar-refractivity contribution >= 4 is 29.4 Å². The molecule has 186 valence electrons. The normalized spacial score (nSPS) is 24.9. The highest BCUT2D eigenvalue weighted by Crippen LogP contribution is 2.63. The number of aryl methyl sites for hydroxylation is 1. The molecule has 0 N–H and O–H groups in total. The zero-order valence-corrected chi connectivity index (χ0v) is 21.2. The zero-order chi connectivity index (χ0) is 26.0. The molecule has 2 atom stereocenters. The largest absolute Gasteiger partial charge is 0.497 e. The third-order valence-electron chi connectivity index (χ3n) is 8.47. The Morgan fingerprint density at radius 3 is 2.00 bits per heavy atom. The first-order valence-corrected chi connectivity index (χ1v) is 12.9. The van der Waals surface area contributed by atoms with E-state index in [0.29, 0.717) is 11.4 Å². The van der Waals surface area contributed by atoms with Crippen molar-refractivity contribution in [1.29, 1.82) is 0 Å². The van der Waals surface area contributed by atoms with Crippen LogP contribution in [0.25, 0.3) is 0 Å². The van der Waals surface area contributed by atoms with E-state index < -0.39 is 17.3 Å². The average molecular weight is 499 g/mol. The number of benzene rings is 4. The van der Waals surface area contributed by atoms with Gasteiger partial charge in [0.1, 0.15) is 5.75 Å². The van der Waals surface area contributed by atoms with E-state index in [2.05, 4.69) is 24.3 Å². The van der Waals surface area contributed by atoms with E-state index in [1.54, 1.807) is 31.4 Å². The van der Waals surface area contributed by atoms with E-state index >= 15 is 0 Å². The first-order chi connectivity index (χ1) is 18.5. The van der Waals surface area contributed by atoms with Crippen molar-refractivity contribution in [3.8, 4) is 5.75 Å². The van der Waals surface area contributed by atoms with Crippen LogP contribution in [0.2, 0.25) is 0 Å². The van der Waals surface area contributed by atoms with Crippen LogP contribution in [-0.4, -0.2) is 25.1 Å². The predicted molar refractivity (Wildman–Crippen MR) is 147 cm³/mol. The van der Waals surface area contributed by atoms with E-state index in [1.807, 2.05) is 61.7 Å². The number of imide groups is 1. The van der Waals surface area contributed by atoms with Crippen LogP contribution < -0.4 is 9.64 Å². The molecule has 3 aliphatic carbocycles. The Bertz CT molecular complexity index is 1570. The van der Waals surface area contributed by atoms with E-state index in [0.717, 1.165) is 33.5 Å². The fraction of sp³-hybridized carbons (Fsp3) is 0.182. The van der Waals surface area contributed by atoms with Gasteiger partial charge in [-0.15, -0.1) is 0 Å². The second-order valence-corrected chi connectivity index (χ2v) is 10.3. The molecule has 2 bridgehead atoms. The van der Waals surface area contributed by atoms with Crippen molar-refractivity contribution in [2.75, 3.05) is 12.0 Å². The summed E-state index contributed by atoms with van der Waals surface area (Å²) < 4.78 is 5.30. The lowest BCUT2D eigenvalue weighted by molar-refractivity contribution is -0.122. The summed E-state index contributed by atoms with van der Waals surface area (Å²) in [4.78, 5) is 34.9. The number of ether oxygens (including phenoxy) is 1.